The largest absolute Gasteiger partial charge is 0.491 e. The Labute approximate surface area is 175 Å². The minimum Gasteiger partial charge on any atom is -0.491 e. The van der Waals surface area contributed by atoms with Crippen LogP contribution in [-0.4, -0.2) is 16.8 Å². The van der Waals surface area contributed by atoms with E-state index in [4.69, 9.17) is 4.74 Å². The molecule has 0 amide bonds. The number of carbonyl (C=O) groups is 1. The molecule has 0 saturated heterocycles. The van der Waals surface area contributed by atoms with Crippen LogP contribution in [0.4, 0.5) is 17.1 Å². The highest BCUT2D eigenvalue weighted by atomic mass is 16.6. The van der Waals surface area contributed by atoms with E-state index in [0.29, 0.717) is 22.5 Å². The maximum absolute atomic E-state index is 12.7. The molecular weight excluding hydrogens is 380 g/mol. The number of rotatable bonds is 9. The second-order valence-electron chi connectivity index (χ2n) is 7.05. The molecule has 1 atom stereocenters. The number of carbonyl (C=O) groups excluding carboxylic acids is 1. The summed E-state index contributed by atoms with van der Waals surface area (Å²) >= 11 is 0. The number of benzene rings is 3. The summed E-state index contributed by atoms with van der Waals surface area (Å²) in [5, 5.41) is 14.2. The lowest BCUT2D eigenvalue weighted by molar-refractivity contribution is -0.383. The zero-order chi connectivity index (χ0) is 21.5. The molecule has 154 valence electrons. The first-order valence-corrected chi connectivity index (χ1v) is 9.90. The van der Waals surface area contributed by atoms with E-state index in [1.807, 2.05) is 19.1 Å². The van der Waals surface area contributed by atoms with E-state index in [1.54, 1.807) is 54.6 Å². The molecule has 0 aliphatic heterocycles. The number of ketones is 1. The zero-order valence-corrected chi connectivity index (χ0v) is 17.0. The summed E-state index contributed by atoms with van der Waals surface area (Å²) < 4.78 is 5.83. The van der Waals surface area contributed by atoms with Gasteiger partial charge in [0.25, 0.3) is 5.69 Å². The van der Waals surface area contributed by atoms with Crippen molar-refractivity contribution in [2.45, 2.75) is 32.8 Å². The Balaban J connectivity index is 1.69. The van der Waals surface area contributed by atoms with Gasteiger partial charge in [-0.15, -0.1) is 0 Å². The molecule has 3 aromatic rings. The van der Waals surface area contributed by atoms with Gasteiger partial charge in [-0.3, -0.25) is 14.9 Å². The van der Waals surface area contributed by atoms with Crippen molar-refractivity contribution in [1.29, 1.82) is 0 Å². The van der Waals surface area contributed by atoms with E-state index in [-0.39, 0.29) is 17.6 Å². The third-order valence-electron chi connectivity index (χ3n) is 4.68. The molecule has 0 saturated carbocycles. The molecule has 3 rings (SSSR count). The molecule has 1 N–H and O–H groups in total. The number of nitrogens with zero attached hydrogens (tertiary/aromatic N) is 1. The average molecular weight is 404 g/mol. The average Bonchev–Trinajstić information content (AvgIpc) is 2.75. The zero-order valence-electron chi connectivity index (χ0n) is 17.0. The van der Waals surface area contributed by atoms with Gasteiger partial charge in [0.1, 0.15) is 11.4 Å². The van der Waals surface area contributed by atoms with Crippen LogP contribution in [-0.2, 0) is 0 Å². The predicted octanol–water partition coefficient (Wildman–Crippen LogP) is 6.14. The Morgan fingerprint density at radius 1 is 1.00 bits per heavy atom. The van der Waals surface area contributed by atoms with Gasteiger partial charge in [-0.1, -0.05) is 25.5 Å². The lowest BCUT2D eigenvalue weighted by atomic mass is 10.0. The van der Waals surface area contributed by atoms with Crippen molar-refractivity contribution in [2.24, 2.45) is 0 Å². The molecule has 6 heteroatoms. The second-order valence-corrected chi connectivity index (χ2v) is 7.05. The van der Waals surface area contributed by atoms with Crippen LogP contribution in [0.2, 0.25) is 0 Å². The van der Waals surface area contributed by atoms with Crippen molar-refractivity contribution in [3.05, 3.63) is 94.0 Å². The van der Waals surface area contributed by atoms with Crippen molar-refractivity contribution in [1.82, 2.24) is 0 Å². The van der Waals surface area contributed by atoms with Gasteiger partial charge in [0, 0.05) is 22.9 Å². The maximum Gasteiger partial charge on any atom is 0.292 e. The van der Waals surface area contributed by atoms with Gasteiger partial charge in [-0.05, 0) is 67.9 Å². The first-order chi connectivity index (χ1) is 14.5. The molecule has 0 aliphatic rings. The number of para-hydroxylation sites is 2. The van der Waals surface area contributed by atoms with Gasteiger partial charge in [-0.2, -0.15) is 0 Å². The van der Waals surface area contributed by atoms with Gasteiger partial charge in [0.2, 0.25) is 0 Å². The lowest BCUT2D eigenvalue weighted by Gasteiger charge is -2.14. The summed E-state index contributed by atoms with van der Waals surface area (Å²) in [6.45, 7) is 4.14. The molecule has 0 aliphatic carbocycles. The standard InChI is InChI=1S/C24H24N2O4/c1-3-6-17(2)30-21-15-11-19(12-16-21)24(27)18-9-13-20(14-10-18)25-22-7-4-5-8-23(22)26(28)29/h4-5,7-17,25H,3,6H2,1-2H3. The molecule has 0 spiro atoms. The van der Waals surface area contributed by atoms with E-state index in [9.17, 15) is 14.9 Å². The first kappa shape index (κ1) is 21.0. The quantitative estimate of drug-likeness (QED) is 0.263. The van der Waals surface area contributed by atoms with Gasteiger partial charge in [0.05, 0.1) is 11.0 Å². The summed E-state index contributed by atoms with van der Waals surface area (Å²) in [5.41, 5.74) is 2.17. The van der Waals surface area contributed by atoms with Crippen molar-refractivity contribution in [3.8, 4) is 5.75 Å². The molecule has 0 bridgehead atoms. The Hall–Kier alpha value is -3.67. The number of nitro groups is 1. The minimum atomic E-state index is -0.434. The normalized spacial score (nSPS) is 11.5. The highest BCUT2D eigenvalue weighted by molar-refractivity contribution is 6.09. The summed E-state index contributed by atoms with van der Waals surface area (Å²) in [5.74, 6) is 0.650. The lowest BCUT2D eigenvalue weighted by Crippen LogP contribution is -2.11. The SMILES string of the molecule is CCCC(C)Oc1ccc(C(=O)c2ccc(Nc3ccccc3[N+](=O)[O-])cc2)cc1. The summed E-state index contributed by atoms with van der Waals surface area (Å²) in [4.78, 5) is 23.5. The van der Waals surface area contributed by atoms with Crippen LogP contribution in [0.3, 0.4) is 0 Å². The van der Waals surface area contributed by atoms with Crippen LogP contribution in [0.1, 0.15) is 42.6 Å². The van der Waals surface area contributed by atoms with E-state index in [0.717, 1.165) is 18.6 Å². The van der Waals surface area contributed by atoms with Crippen molar-refractivity contribution in [3.63, 3.8) is 0 Å². The Kier molecular flexibility index (Phi) is 6.80. The molecule has 0 fully saturated rings. The molecule has 1 unspecified atom stereocenters. The molecule has 6 nitrogen and oxygen atoms in total. The van der Waals surface area contributed by atoms with Gasteiger partial charge >= 0.3 is 0 Å². The number of hydrogen-bond donors (Lipinski definition) is 1. The number of anilines is 2. The summed E-state index contributed by atoms with van der Waals surface area (Å²) in [6.07, 6.45) is 2.17. The van der Waals surface area contributed by atoms with Crippen molar-refractivity contribution in [2.75, 3.05) is 5.32 Å². The monoisotopic (exact) mass is 404 g/mol. The van der Waals surface area contributed by atoms with Gasteiger partial charge in [-0.25, -0.2) is 0 Å². The van der Waals surface area contributed by atoms with E-state index < -0.39 is 4.92 Å². The summed E-state index contributed by atoms with van der Waals surface area (Å²) in [6, 6.07) is 20.4. The fourth-order valence-corrected chi connectivity index (χ4v) is 3.15. The topological polar surface area (TPSA) is 81.5 Å². The highest BCUT2D eigenvalue weighted by Gasteiger charge is 2.13. The fraction of sp³-hybridized carbons (Fsp3) is 0.208. The predicted molar refractivity (Wildman–Crippen MR) is 118 cm³/mol. The second kappa shape index (κ2) is 9.69. The van der Waals surface area contributed by atoms with Gasteiger partial charge < -0.3 is 10.1 Å². The number of nitrogens with one attached hydrogen (secondary N) is 1. The molecule has 3 aromatic carbocycles. The maximum atomic E-state index is 12.7. The Bertz CT molecular complexity index is 1010. The van der Waals surface area contributed by atoms with E-state index >= 15 is 0 Å². The fourth-order valence-electron chi connectivity index (χ4n) is 3.15. The van der Waals surface area contributed by atoms with Crippen LogP contribution < -0.4 is 10.1 Å². The van der Waals surface area contributed by atoms with Crippen LogP contribution in [0.25, 0.3) is 0 Å². The molecule has 0 radical (unpaired) electrons. The van der Waals surface area contributed by atoms with Crippen LogP contribution in [0, 0.1) is 10.1 Å². The molecular formula is C24H24N2O4. The number of nitro benzene ring substituents is 1. The molecule has 30 heavy (non-hydrogen) atoms. The number of hydrogen-bond acceptors (Lipinski definition) is 5. The Morgan fingerprint density at radius 2 is 1.60 bits per heavy atom. The smallest absolute Gasteiger partial charge is 0.292 e. The highest BCUT2D eigenvalue weighted by Crippen LogP contribution is 2.27. The van der Waals surface area contributed by atoms with Crippen molar-refractivity contribution >= 4 is 22.8 Å². The third-order valence-corrected chi connectivity index (χ3v) is 4.68. The first-order valence-electron chi connectivity index (χ1n) is 9.90. The third kappa shape index (κ3) is 5.23. The van der Waals surface area contributed by atoms with Crippen molar-refractivity contribution < 1.29 is 14.5 Å². The minimum absolute atomic E-state index is 0.00628. The molecule has 0 aromatic heterocycles. The van der Waals surface area contributed by atoms with Crippen LogP contribution in [0.5, 0.6) is 5.75 Å². The van der Waals surface area contributed by atoms with Crippen LogP contribution >= 0.6 is 0 Å². The van der Waals surface area contributed by atoms with Crippen LogP contribution in [0.15, 0.2) is 72.8 Å². The van der Waals surface area contributed by atoms with E-state index in [2.05, 4.69) is 12.2 Å². The Morgan fingerprint density at radius 3 is 2.20 bits per heavy atom. The molecule has 0 heterocycles. The van der Waals surface area contributed by atoms with Gasteiger partial charge in [0.15, 0.2) is 5.78 Å². The number of ether oxygens (including phenoxy) is 1. The summed E-state index contributed by atoms with van der Waals surface area (Å²) in [7, 11) is 0. The van der Waals surface area contributed by atoms with E-state index in [1.165, 1.54) is 6.07 Å².